The van der Waals surface area contributed by atoms with Crippen molar-refractivity contribution in [1.82, 2.24) is 10.6 Å². The molecule has 0 spiro atoms. The van der Waals surface area contributed by atoms with Crippen molar-refractivity contribution in [2.24, 2.45) is 0 Å². The van der Waals surface area contributed by atoms with Crippen LogP contribution in [0.4, 0.5) is 0 Å². The Morgan fingerprint density at radius 2 is 1.97 bits per heavy atom. The molecule has 2 rings (SSSR count). The molecule has 0 unspecified atom stereocenters. The second-order valence-electron chi connectivity index (χ2n) is 8.42. The van der Waals surface area contributed by atoms with Crippen LogP contribution in [-0.2, 0) is 23.9 Å². The van der Waals surface area contributed by atoms with Crippen molar-refractivity contribution < 1.29 is 44.3 Å². The second kappa shape index (κ2) is 14.9. The number of hydrogen-bond donors (Lipinski definition) is 6. The number of aliphatic hydroxyl groups excluding tert-OH is 3. The first-order chi connectivity index (χ1) is 17.6. The molecular weight excluding hydrogens is 504 g/mol. The number of nitrogens with one attached hydrogen (secondary N) is 2. The lowest BCUT2D eigenvalue weighted by Crippen LogP contribution is -2.68. The van der Waals surface area contributed by atoms with E-state index in [4.69, 9.17) is 9.47 Å². The van der Waals surface area contributed by atoms with Gasteiger partial charge in [-0.3, -0.25) is 9.59 Å². The quantitative estimate of drug-likeness (QED) is 0.150. The molecule has 12 heteroatoms. The van der Waals surface area contributed by atoms with Crippen LogP contribution < -0.4 is 10.6 Å². The summed E-state index contributed by atoms with van der Waals surface area (Å²) in [5, 5.41) is 46.8. The molecule has 6 atom stereocenters. The van der Waals surface area contributed by atoms with Gasteiger partial charge in [0.1, 0.15) is 12.2 Å². The van der Waals surface area contributed by atoms with Crippen molar-refractivity contribution in [3.8, 4) is 11.8 Å². The van der Waals surface area contributed by atoms with E-state index in [0.29, 0.717) is 12.0 Å². The molecule has 11 nitrogen and oxygen atoms in total. The molecule has 204 valence electrons. The Hall–Kier alpha value is -2.66. The summed E-state index contributed by atoms with van der Waals surface area (Å²) in [6, 6.07) is 7.51. The molecule has 0 radical (unpaired) electrons. The van der Waals surface area contributed by atoms with Crippen LogP contribution in [-0.4, -0.2) is 99.1 Å². The topological polar surface area (TPSA) is 175 Å². The predicted octanol–water partition coefficient (Wildman–Crippen LogP) is -0.529. The number of carbonyl (C=O) groups excluding carboxylic acids is 2. The minimum atomic E-state index is -2.30. The van der Waals surface area contributed by atoms with E-state index >= 15 is 0 Å². The molecule has 1 aromatic rings. The molecule has 1 aromatic carbocycles. The zero-order chi connectivity index (χ0) is 27.4. The molecule has 6 N–H and O–H groups in total. The first-order valence-electron chi connectivity index (χ1n) is 11.9. The second-order valence-corrected chi connectivity index (χ2v) is 9.82. The van der Waals surface area contributed by atoms with Gasteiger partial charge in [-0.1, -0.05) is 31.0 Å². The molecule has 1 aliphatic rings. The molecule has 1 aliphatic heterocycles. The molecule has 2 amide bonds. The van der Waals surface area contributed by atoms with Gasteiger partial charge in [-0.15, -0.1) is 0 Å². The molecule has 37 heavy (non-hydrogen) atoms. The molecule has 1 fully saturated rings. The summed E-state index contributed by atoms with van der Waals surface area (Å²) in [5.74, 6) is 1.52. The zero-order valence-corrected chi connectivity index (χ0v) is 21.6. The van der Waals surface area contributed by atoms with Crippen LogP contribution in [0.1, 0.15) is 32.3 Å². The highest BCUT2D eigenvalue weighted by Gasteiger charge is 2.55. The lowest BCUT2D eigenvalue weighted by atomic mass is 9.88. The van der Waals surface area contributed by atoms with Gasteiger partial charge in [-0.2, -0.15) is 11.8 Å². The van der Waals surface area contributed by atoms with Crippen LogP contribution >= 0.6 is 11.8 Å². The lowest BCUT2D eigenvalue weighted by molar-refractivity contribution is -0.310. The van der Waals surface area contributed by atoms with Crippen molar-refractivity contribution in [1.29, 1.82) is 0 Å². The van der Waals surface area contributed by atoms with Crippen LogP contribution in [0.3, 0.4) is 0 Å². The van der Waals surface area contributed by atoms with Gasteiger partial charge in [0, 0.05) is 31.4 Å². The van der Waals surface area contributed by atoms with Crippen LogP contribution in [0, 0.1) is 11.8 Å². The lowest BCUT2D eigenvalue weighted by Gasteiger charge is -2.46. The number of thioether (sulfide) groups is 1. The van der Waals surface area contributed by atoms with Gasteiger partial charge in [0.05, 0.1) is 24.9 Å². The van der Waals surface area contributed by atoms with Crippen LogP contribution in [0.5, 0.6) is 0 Å². The molecule has 0 aliphatic carbocycles. The number of ether oxygens (including phenoxy) is 2. The smallest absolute Gasteiger partial charge is 0.364 e. The number of carboxylic acid groups (broad SMARTS) is 1. The van der Waals surface area contributed by atoms with Crippen molar-refractivity contribution in [2.45, 2.75) is 62.9 Å². The Labute approximate surface area is 219 Å². The first-order valence-corrected chi connectivity index (χ1v) is 13.0. The Bertz CT molecular complexity index is 968. The van der Waals surface area contributed by atoms with Crippen LogP contribution in [0.25, 0.3) is 0 Å². The van der Waals surface area contributed by atoms with E-state index in [2.05, 4.69) is 22.5 Å². The normalized spacial score (nSPS) is 24.7. The average molecular weight is 539 g/mol. The fourth-order valence-electron chi connectivity index (χ4n) is 3.72. The first kappa shape index (κ1) is 30.6. The SMILES string of the molecule is CCSCCCO[C@]1(C(=O)O)C[C@H](O)[C@@H](NC(C)=O)[C@H]([C@H](O)[C@H](O)CNC(=O)C#Cc2ccccc2)O1. The molecular formula is C25H34N2O9S. The maximum atomic E-state index is 12.1. The van der Waals surface area contributed by atoms with Crippen molar-refractivity contribution in [2.75, 3.05) is 24.7 Å². The number of carboxylic acids is 1. The average Bonchev–Trinajstić information content (AvgIpc) is 2.87. The number of hydrogen-bond acceptors (Lipinski definition) is 9. The third kappa shape index (κ3) is 9.30. The number of aliphatic carboxylic acids is 1. The molecule has 1 saturated heterocycles. The van der Waals surface area contributed by atoms with E-state index in [-0.39, 0.29) is 6.61 Å². The Morgan fingerprint density at radius 1 is 1.27 bits per heavy atom. The number of benzene rings is 1. The van der Waals surface area contributed by atoms with E-state index in [0.717, 1.165) is 11.5 Å². The maximum absolute atomic E-state index is 12.1. The van der Waals surface area contributed by atoms with Gasteiger partial charge in [0.15, 0.2) is 0 Å². The number of aliphatic hydroxyl groups is 3. The number of carbonyl (C=O) groups is 3. The third-order valence-electron chi connectivity index (χ3n) is 5.54. The molecule has 0 aromatic heterocycles. The van der Waals surface area contributed by atoms with Gasteiger partial charge < -0.3 is 40.5 Å². The van der Waals surface area contributed by atoms with Crippen LogP contribution in [0.15, 0.2) is 30.3 Å². The highest BCUT2D eigenvalue weighted by molar-refractivity contribution is 7.99. The van der Waals surface area contributed by atoms with Gasteiger partial charge >= 0.3 is 5.97 Å². The largest absolute Gasteiger partial charge is 0.477 e. The van der Waals surface area contributed by atoms with Crippen molar-refractivity contribution in [3.05, 3.63) is 35.9 Å². The highest BCUT2D eigenvalue weighted by atomic mass is 32.2. The van der Waals surface area contributed by atoms with E-state index in [9.17, 15) is 34.8 Å². The molecule has 1 heterocycles. The fraction of sp³-hybridized carbons (Fsp3) is 0.560. The van der Waals surface area contributed by atoms with E-state index < -0.39 is 67.0 Å². The van der Waals surface area contributed by atoms with E-state index in [1.807, 2.05) is 6.92 Å². The summed E-state index contributed by atoms with van der Waals surface area (Å²) in [7, 11) is 0. The predicted molar refractivity (Wildman–Crippen MR) is 135 cm³/mol. The Kier molecular flexibility index (Phi) is 12.3. The van der Waals surface area contributed by atoms with Gasteiger partial charge in [-0.05, 0) is 30.1 Å². The fourth-order valence-corrected chi connectivity index (χ4v) is 4.33. The Balaban J connectivity index is 2.12. The van der Waals surface area contributed by atoms with Gasteiger partial charge in [0.2, 0.25) is 5.91 Å². The van der Waals surface area contributed by atoms with Crippen molar-refractivity contribution in [3.63, 3.8) is 0 Å². The zero-order valence-electron chi connectivity index (χ0n) is 20.8. The summed E-state index contributed by atoms with van der Waals surface area (Å²) in [6.45, 7) is 2.72. The monoisotopic (exact) mass is 538 g/mol. The third-order valence-corrected chi connectivity index (χ3v) is 6.52. The molecule has 0 saturated carbocycles. The number of rotatable bonds is 12. The standard InChI is InChI=1S/C25H34N2O9S/c1-3-37-13-7-12-35-25(24(33)34)14-18(29)21(27-16(2)28)23(36-25)22(32)19(30)15-26-20(31)11-10-17-8-5-4-6-9-17/h4-6,8-9,18-19,21-23,29-30,32H,3,7,12-15H2,1-2H3,(H,26,31)(H,27,28)(H,33,34)/t18-,19+,21+,22+,23+,25+/m0/s1. The number of amides is 2. The summed E-state index contributed by atoms with van der Waals surface area (Å²) in [5.41, 5.74) is 0.610. The summed E-state index contributed by atoms with van der Waals surface area (Å²) < 4.78 is 11.2. The van der Waals surface area contributed by atoms with Crippen molar-refractivity contribution >= 4 is 29.5 Å². The van der Waals surface area contributed by atoms with Gasteiger partial charge in [0.25, 0.3) is 11.7 Å². The minimum Gasteiger partial charge on any atom is -0.477 e. The van der Waals surface area contributed by atoms with E-state index in [1.54, 1.807) is 42.1 Å². The maximum Gasteiger partial charge on any atom is 0.364 e. The van der Waals surface area contributed by atoms with Crippen LogP contribution in [0.2, 0.25) is 0 Å². The molecule has 0 bridgehead atoms. The minimum absolute atomic E-state index is 0.0122. The summed E-state index contributed by atoms with van der Waals surface area (Å²) in [6.07, 6.45) is -6.51. The van der Waals surface area contributed by atoms with E-state index in [1.165, 1.54) is 6.92 Å². The summed E-state index contributed by atoms with van der Waals surface area (Å²) in [4.78, 5) is 35.9. The van der Waals surface area contributed by atoms with Gasteiger partial charge in [-0.25, -0.2) is 4.79 Å². The Morgan fingerprint density at radius 3 is 2.59 bits per heavy atom. The summed E-state index contributed by atoms with van der Waals surface area (Å²) >= 11 is 1.65. The highest BCUT2D eigenvalue weighted by Crippen LogP contribution is 2.33.